The molecular formula is C15H18N2O3. The number of nitrogens with zero attached hydrogens (tertiary/aromatic N) is 1. The number of nitrogens with one attached hydrogen (secondary N) is 1. The molecule has 1 aliphatic rings. The van der Waals surface area contributed by atoms with E-state index in [4.69, 9.17) is 4.74 Å². The number of aromatic amines is 1. The topological polar surface area (TPSA) is 64.1 Å². The molecule has 0 atom stereocenters. The first kappa shape index (κ1) is 13.0. The minimum atomic E-state index is -0.306. The molecule has 0 bridgehead atoms. The maximum absolute atomic E-state index is 12.6. The minimum absolute atomic E-state index is 0.0237. The van der Waals surface area contributed by atoms with Gasteiger partial charge in [-0.05, 0) is 31.0 Å². The number of benzene rings is 1. The Bertz CT molecular complexity index is 739. The molecule has 1 saturated carbocycles. The van der Waals surface area contributed by atoms with Crippen LogP contribution in [0.5, 0.6) is 5.75 Å². The van der Waals surface area contributed by atoms with Gasteiger partial charge in [-0.2, -0.15) is 0 Å². The number of hydrogen-bond donors (Lipinski definition) is 1. The Kier molecular flexibility index (Phi) is 3.34. The third-order valence-electron chi connectivity index (χ3n) is 4.08. The van der Waals surface area contributed by atoms with Crippen LogP contribution in [0.4, 0.5) is 0 Å². The predicted octanol–water partition coefficient (Wildman–Crippen LogP) is 2.20. The van der Waals surface area contributed by atoms with E-state index in [-0.39, 0.29) is 17.3 Å². The van der Waals surface area contributed by atoms with E-state index in [1.54, 1.807) is 25.3 Å². The summed E-state index contributed by atoms with van der Waals surface area (Å²) in [4.78, 5) is 27.6. The summed E-state index contributed by atoms with van der Waals surface area (Å²) in [5, 5.41) is 0.509. The Morgan fingerprint density at radius 3 is 2.65 bits per heavy atom. The monoisotopic (exact) mass is 274 g/mol. The third kappa shape index (κ3) is 2.13. The van der Waals surface area contributed by atoms with Gasteiger partial charge in [-0.15, -0.1) is 0 Å². The molecule has 1 N–H and O–H groups in total. The molecule has 0 spiro atoms. The number of ether oxygens (including phenoxy) is 1. The SMILES string of the molecule is COc1ccc2[nH]c(=O)n(C3CCCCC3)c(=O)c2c1. The second kappa shape index (κ2) is 5.15. The molecule has 1 fully saturated rings. The maximum Gasteiger partial charge on any atom is 0.329 e. The Morgan fingerprint density at radius 1 is 1.20 bits per heavy atom. The van der Waals surface area contributed by atoms with Gasteiger partial charge < -0.3 is 9.72 Å². The number of aromatic nitrogens is 2. The molecule has 0 saturated heterocycles. The molecule has 1 heterocycles. The van der Waals surface area contributed by atoms with Crippen LogP contribution in [0.15, 0.2) is 27.8 Å². The van der Waals surface area contributed by atoms with Gasteiger partial charge in [0.2, 0.25) is 0 Å². The first-order valence-corrected chi connectivity index (χ1v) is 7.03. The van der Waals surface area contributed by atoms with Gasteiger partial charge in [-0.1, -0.05) is 19.3 Å². The van der Waals surface area contributed by atoms with E-state index in [2.05, 4.69) is 4.98 Å². The molecule has 5 nitrogen and oxygen atoms in total. The third-order valence-corrected chi connectivity index (χ3v) is 4.08. The highest BCUT2D eigenvalue weighted by Gasteiger charge is 2.20. The summed E-state index contributed by atoms with van der Waals surface area (Å²) in [5.74, 6) is 0.622. The predicted molar refractivity (Wildman–Crippen MR) is 77.5 cm³/mol. The van der Waals surface area contributed by atoms with Crippen LogP contribution in [-0.4, -0.2) is 16.7 Å². The summed E-state index contributed by atoms with van der Waals surface area (Å²) < 4.78 is 6.54. The summed E-state index contributed by atoms with van der Waals surface area (Å²) >= 11 is 0. The quantitative estimate of drug-likeness (QED) is 0.913. The zero-order valence-electron chi connectivity index (χ0n) is 11.5. The van der Waals surface area contributed by atoms with Crippen LogP contribution in [0, 0.1) is 0 Å². The van der Waals surface area contributed by atoms with Crippen molar-refractivity contribution >= 4 is 10.9 Å². The fourth-order valence-corrected chi connectivity index (χ4v) is 3.00. The summed E-state index contributed by atoms with van der Waals surface area (Å²) in [6.45, 7) is 0. The summed E-state index contributed by atoms with van der Waals surface area (Å²) in [6, 6.07) is 5.16. The minimum Gasteiger partial charge on any atom is -0.497 e. The summed E-state index contributed by atoms with van der Waals surface area (Å²) in [6.07, 6.45) is 5.14. The highest BCUT2D eigenvalue weighted by Crippen LogP contribution is 2.26. The van der Waals surface area contributed by atoms with Gasteiger partial charge in [-0.3, -0.25) is 9.36 Å². The van der Waals surface area contributed by atoms with E-state index in [1.165, 1.54) is 11.0 Å². The Morgan fingerprint density at radius 2 is 1.95 bits per heavy atom. The molecule has 0 unspecified atom stereocenters. The van der Waals surface area contributed by atoms with Crippen molar-refractivity contribution < 1.29 is 4.74 Å². The van der Waals surface area contributed by atoms with Crippen molar-refractivity contribution in [1.82, 2.24) is 9.55 Å². The van der Waals surface area contributed by atoms with Gasteiger partial charge in [-0.25, -0.2) is 4.79 Å². The van der Waals surface area contributed by atoms with Gasteiger partial charge >= 0.3 is 5.69 Å². The molecule has 0 amide bonds. The molecule has 1 aromatic heterocycles. The first-order chi connectivity index (χ1) is 9.70. The molecular weight excluding hydrogens is 256 g/mol. The lowest BCUT2D eigenvalue weighted by Crippen LogP contribution is -2.38. The number of fused-ring (bicyclic) bond motifs is 1. The average Bonchev–Trinajstić information content (AvgIpc) is 2.48. The van der Waals surface area contributed by atoms with Crippen molar-refractivity contribution in [2.24, 2.45) is 0 Å². The lowest BCUT2D eigenvalue weighted by atomic mass is 9.95. The second-order valence-electron chi connectivity index (χ2n) is 5.31. The second-order valence-corrected chi connectivity index (χ2v) is 5.31. The highest BCUT2D eigenvalue weighted by molar-refractivity contribution is 5.78. The number of H-pyrrole nitrogens is 1. The van der Waals surface area contributed by atoms with Crippen LogP contribution in [0.2, 0.25) is 0 Å². The Balaban J connectivity index is 2.21. The van der Waals surface area contributed by atoms with Gasteiger partial charge in [0, 0.05) is 6.04 Å². The molecule has 3 rings (SSSR count). The van der Waals surface area contributed by atoms with Crippen molar-refractivity contribution in [3.63, 3.8) is 0 Å². The van der Waals surface area contributed by atoms with Crippen LogP contribution in [-0.2, 0) is 0 Å². The van der Waals surface area contributed by atoms with Crippen LogP contribution < -0.4 is 16.0 Å². The molecule has 106 valence electrons. The van der Waals surface area contributed by atoms with Crippen LogP contribution in [0.1, 0.15) is 38.1 Å². The zero-order chi connectivity index (χ0) is 14.1. The van der Waals surface area contributed by atoms with Crippen molar-refractivity contribution in [2.45, 2.75) is 38.1 Å². The number of hydrogen-bond acceptors (Lipinski definition) is 3. The fourth-order valence-electron chi connectivity index (χ4n) is 3.00. The molecule has 5 heteroatoms. The van der Waals surface area contributed by atoms with E-state index < -0.39 is 0 Å². The van der Waals surface area contributed by atoms with Crippen LogP contribution in [0.3, 0.4) is 0 Å². The van der Waals surface area contributed by atoms with Crippen LogP contribution in [0.25, 0.3) is 10.9 Å². The van der Waals surface area contributed by atoms with E-state index in [1.807, 2.05) is 0 Å². The number of methoxy groups -OCH3 is 1. The van der Waals surface area contributed by atoms with Crippen molar-refractivity contribution in [3.05, 3.63) is 39.0 Å². The van der Waals surface area contributed by atoms with Gasteiger partial charge in [0.15, 0.2) is 0 Å². The molecule has 0 radical (unpaired) electrons. The van der Waals surface area contributed by atoms with Gasteiger partial charge in [0.1, 0.15) is 5.75 Å². The summed E-state index contributed by atoms with van der Waals surface area (Å²) in [7, 11) is 1.56. The fraction of sp³-hybridized carbons (Fsp3) is 0.467. The molecule has 1 aliphatic carbocycles. The average molecular weight is 274 g/mol. The summed E-state index contributed by atoms with van der Waals surface area (Å²) in [5.41, 5.74) is 0.0435. The Labute approximate surface area is 116 Å². The van der Waals surface area contributed by atoms with E-state index in [0.717, 1.165) is 25.7 Å². The van der Waals surface area contributed by atoms with Crippen molar-refractivity contribution in [3.8, 4) is 5.75 Å². The van der Waals surface area contributed by atoms with E-state index in [9.17, 15) is 9.59 Å². The standard InChI is InChI=1S/C15H18N2O3/c1-20-11-7-8-13-12(9-11)14(18)17(15(19)16-13)10-5-3-2-4-6-10/h7-10H,2-6H2,1H3,(H,16,19). The van der Waals surface area contributed by atoms with Crippen LogP contribution >= 0.6 is 0 Å². The van der Waals surface area contributed by atoms with Crippen molar-refractivity contribution in [1.29, 1.82) is 0 Å². The lowest BCUT2D eigenvalue weighted by molar-refractivity contribution is 0.338. The van der Waals surface area contributed by atoms with E-state index in [0.29, 0.717) is 16.7 Å². The molecule has 2 aromatic rings. The first-order valence-electron chi connectivity index (χ1n) is 7.03. The van der Waals surface area contributed by atoms with Gasteiger partial charge in [0.25, 0.3) is 5.56 Å². The largest absolute Gasteiger partial charge is 0.497 e. The highest BCUT2D eigenvalue weighted by atomic mass is 16.5. The smallest absolute Gasteiger partial charge is 0.329 e. The normalized spacial score (nSPS) is 16.4. The maximum atomic E-state index is 12.6. The Hall–Kier alpha value is -2.04. The van der Waals surface area contributed by atoms with E-state index >= 15 is 0 Å². The molecule has 1 aromatic carbocycles. The zero-order valence-corrected chi connectivity index (χ0v) is 11.5. The van der Waals surface area contributed by atoms with Crippen molar-refractivity contribution in [2.75, 3.05) is 7.11 Å². The molecule has 20 heavy (non-hydrogen) atoms. The molecule has 0 aliphatic heterocycles. The lowest BCUT2D eigenvalue weighted by Gasteiger charge is -2.23. The number of rotatable bonds is 2. The van der Waals surface area contributed by atoms with Gasteiger partial charge in [0.05, 0.1) is 18.0 Å².